The van der Waals surface area contributed by atoms with Gasteiger partial charge in [-0.3, -0.25) is 0 Å². The molecule has 1 heterocycles. The molecule has 0 fully saturated rings. The zero-order valence-electron chi connectivity index (χ0n) is 10.6. The number of hydrogen-bond donors (Lipinski definition) is 1. The van der Waals surface area contributed by atoms with E-state index < -0.39 is 0 Å². The van der Waals surface area contributed by atoms with Crippen LogP contribution in [0.2, 0.25) is 0 Å². The first kappa shape index (κ1) is 15.2. The largest absolute Gasteiger partial charge is 0.306 e. The maximum Gasteiger partial charge on any atom is 0.124 e. The van der Waals surface area contributed by atoms with E-state index in [4.69, 9.17) is 0 Å². The summed E-state index contributed by atoms with van der Waals surface area (Å²) in [5, 5.41) is 3.46. The Labute approximate surface area is 133 Å². The molecule has 0 bridgehead atoms. The number of halogens is 3. The summed E-state index contributed by atoms with van der Waals surface area (Å²) in [4.78, 5) is 2.47. The summed E-state index contributed by atoms with van der Waals surface area (Å²) < 4.78 is 15.1. The maximum atomic E-state index is 13.2. The Balaban J connectivity index is 2.48. The van der Waals surface area contributed by atoms with Gasteiger partial charge in [-0.15, -0.1) is 11.3 Å². The molecule has 0 amide bonds. The van der Waals surface area contributed by atoms with E-state index in [-0.39, 0.29) is 11.9 Å². The molecule has 2 aromatic rings. The SMILES string of the molecule is CCNC(c1ccc(F)cc1Br)c1sc(C)cc1Br. The van der Waals surface area contributed by atoms with E-state index in [1.165, 1.54) is 21.9 Å². The van der Waals surface area contributed by atoms with Gasteiger partial charge in [0.05, 0.1) is 6.04 Å². The molecule has 5 heteroatoms. The normalized spacial score (nSPS) is 12.7. The second-order valence-corrected chi connectivity index (χ2v) is 7.22. The summed E-state index contributed by atoms with van der Waals surface area (Å²) in [5.41, 5.74) is 1.05. The highest BCUT2D eigenvalue weighted by Crippen LogP contribution is 2.38. The van der Waals surface area contributed by atoms with Crippen LogP contribution >= 0.6 is 43.2 Å². The van der Waals surface area contributed by atoms with Gasteiger partial charge in [-0.05, 0) is 53.2 Å². The van der Waals surface area contributed by atoms with Crippen molar-refractivity contribution in [3.63, 3.8) is 0 Å². The Hall–Kier alpha value is -0.230. The first-order valence-corrected chi connectivity index (χ1v) is 8.37. The monoisotopic (exact) mass is 405 g/mol. The van der Waals surface area contributed by atoms with Gasteiger partial charge in [0.1, 0.15) is 5.82 Å². The van der Waals surface area contributed by atoms with Crippen molar-refractivity contribution < 1.29 is 4.39 Å². The lowest BCUT2D eigenvalue weighted by atomic mass is 10.1. The molecule has 1 aromatic heterocycles. The van der Waals surface area contributed by atoms with E-state index in [2.05, 4.69) is 57.1 Å². The molecule has 19 heavy (non-hydrogen) atoms. The molecular weight excluding hydrogens is 393 g/mol. The smallest absolute Gasteiger partial charge is 0.124 e. The Morgan fingerprint density at radius 1 is 1.26 bits per heavy atom. The van der Waals surface area contributed by atoms with Gasteiger partial charge in [-0.25, -0.2) is 4.39 Å². The fourth-order valence-corrected chi connectivity index (χ4v) is 4.54. The second-order valence-electron chi connectivity index (χ2n) is 4.23. The predicted molar refractivity (Wildman–Crippen MR) is 86.4 cm³/mol. The molecule has 0 saturated carbocycles. The average Bonchev–Trinajstić information content (AvgIpc) is 2.66. The zero-order valence-corrected chi connectivity index (χ0v) is 14.6. The number of hydrogen-bond acceptors (Lipinski definition) is 2. The molecule has 0 radical (unpaired) electrons. The fraction of sp³-hybridized carbons (Fsp3) is 0.286. The van der Waals surface area contributed by atoms with E-state index >= 15 is 0 Å². The molecule has 0 saturated heterocycles. The lowest BCUT2D eigenvalue weighted by molar-refractivity contribution is 0.614. The van der Waals surface area contributed by atoms with Crippen molar-refractivity contribution in [2.24, 2.45) is 0 Å². The van der Waals surface area contributed by atoms with Crippen LogP contribution in [0.1, 0.15) is 28.3 Å². The van der Waals surface area contributed by atoms with E-state index in [0.717, 1.165) is 21.1 Å². The van der Waals surface area contributed by atoms with E-state index in [1.54, 1.807) is 11.3 Å². The molecule has 0 aliphatic heterocycles. The average molecular weight is 407 g/mol. The van der Waals surface area contributed by atoms with Gasteiger partial charge in [-0.1, -0.05) is 28.9 Å². The van der Waals surface area contributed by atoms with Crippen molar-refractivity contribution in [3.05, 3.63) is 54.3 Å². The number of nitrogens with one attached hydrogen (secondary N) is 1. The summed E-state index contributed by atoms with van der Waals surface area (Å²) in [6.07, 6.45) is 0. The molecule has 0 spiro atoms. The summed E-state index contributed by atoms with van der Waals surface area (Å²) in [5.74, 6) is -0.229. The Bertz CT molecular complexity index is 583. The van der Waals surface area contributed by atoms with Crippen LogP contribution in [-0.4, -0.2) is 6.54 Å². The number of rotatable bonds is 4. The van der Waals surface area contributed by atoms with Crippen molar-refractivity contribution in [2.75, 3.05) is 6.54 Å². The van der Waals surface area contributed by atoms with E-state index in [9.17, 15) is 4.39 Å². The topological polar surface area (TPSA) is 12.0 Å². The first-order valence-electron chi connectivity index (χ1n) is 5.97. The molecular formula is C14H14Br2FNS. The lowest BCUT2D eigenvalue weighted by Gasteiger charge is -2.19. The van der Waals surface area contributed by atoms with E-state index in [1.807, 2.05) is 6.07 Å². The molecule has 0 aliphatic rings. The van der Waals surface area contributed by atoms with Crippen molar-refractivity contribution in [2.45, 2.75) is 19.9 Å². The number of aryl methyl sites for hydroxylation is 1. The quantitative estimate of drug-likeness (QED) is 0.714. The minimum absolute atomic E-state index is 0.0630. The summed E-state index contributed by atoms with van der Waals surface area (Å²) in [7, 11) is 0. The minimum atomic E-state index is -0.229. The van der Waals surface area contributed by atoms with Crippen LogP contribution in [0.25, 0.3) is 0 Å². The molecule has 2 rings (SSSR count). The lowest BCUT2D eigenvalue weighted by Crippen LogP contribution is -2.21. The van der Waals surface area contributed by atoms with Gasteiger partial charge in [-0.2, -0.15) is 0 Å². The molecule has 1 unspecified atom stereocenters. The maximum absolute atomic E-state index is 13.2. The third-order valence-corrected chi connectivity index (χ3v) is 5.50. The zero-order chi connectivity index (χ0) is 14.0. The Morgan fingerprint density at radius 3 is 2.53 bits per heavy atom. The number of thiophene rings is 1. The molecule has 0 aliphatic carbocycles. The molecule has 1 aromatic carbocycles. The Kier molecular flexibility index (Phi) is 5.17. The van der Waals surface area contributed by atoms with Crippen molar-refractivity contribution in [1.29, 1.82) is 0 Å². The van der Waals surface area contributed by atoms with Crippen LogP contribution in [-0.2, 0) is 0 Å². The summed E-state index contributed by atoms with van der Waals surface area (Å²) in [6, 6.07) is 7.01. The highest BCUT2D eigenvalue weighted by Gasteiger charge is 2.20. The molecule has 1 N–H and O–H groups in total. The minimum Gasteiger partial charge on any atom is -0.306 e. The van der Waals surface area contributed by atoms with Crippen LogP contribution in [0.5, 0.6) is 0 Å². The molecule has 1 nitrogen and oxygen atoms in total. The van der Waals surface area contributed by atoms with Gasteiger partial charge in [0.15, 0.2) is 0 Å². The number of benzene rings is 1. The van der Waals surface area contributed by atoms with Crippen molar-refractivity contribution in [1.82, 2.24) is 5.32 Å². The first-order chi connectivity index (χ1) is 9.02. The van der Waals surface area contributed by atoms with Crippen LogP contribution in [0.3, 0.4) is 0 Å². The third kappa shape index (κ3) is 3.45. The van der Waals surface area contributed by atoms with Crippen molar-refractivity contribution >= 4 is 43.2 Å². The Morgan fingerprint density at radius 2 is 2.00 bits per heavy atom. The second kappa shape index (κ2) is 6.48. The standard InChI is InChI=1S/C14H14Br2FNS/c1-3-18-13(14-12(16)6-8(2)19-14)10-5-4-9(17)7-11(10)15/h4-7,13,18H,3H2,1-2H3. The van der Waals surface area contributed by atoms with Crippen LogP contribution in [0.4, 0.5) is 4.39 Å². The highest BCUT2D eigenvalue weighted by molar-refractivity contribution is 9.10. The molecule has 102 valence electrons. The summed E-state index contributed by atoms with van der Waals surface area (Å²) in [6.45, 7) is 5.00. The van der Waals surface area contributed by atoms with Gasteiger partial charge in [0, 0.05) is 18.7 Å². The van der Waals surface area contributed by atoms with Crippen molar-refractivity contribution in [3.8, 4) is 0 Å². The van der Waals surface area contributed by atoms with Gasteiger partial charge < -0.3 is 5.32 Å². The fourth-order valence-electron chi connectivity index (χ4n) is 1.98. The van der Waals surface area contributed by atoms with Crippen LogP contribution < -0.4 is 5.32 Å². The van der Waals surface area contributed by atoms with Crippen LogP contribution in [0, 0.1) is 12.7 Å². The van der Waals surface area contributed by atoms with Crippen LogP contribution in [0.15, 0.2) is 33.2 Å². The van der Waals surface area contributed by atoms with Gasteiger partial charge >= 0.3 is 0 Å². The van der Waals surface area contributed by atoms with Gasteiger partial charge in [0.2, 0.25) is 0 Å². The summed E-state index contributed by atoms with van der Waals surface area (Å²) >= 11 is 8.81. The third-order valence-electron chi connectivity index (χ3n) is 2.78. The van der Waals surface area contributed by atoms with E-state index in [0.29, 0.717) is 0 Å². The predicted octanol–water partition coefficient (Wildman–Crippen LogP) is 5.42. The molecule has 1 atom stereocenters. The highest BCUT2D eigenvalue weighted by atomic mass is 79.9. The van der Waals surface area contributed by atoms with Gasteiger partial charge in [0.25, 0.3) is 0 Å².